The summed E-state index contributed by atoms with van der Waals surface area (Å²) in [6, 6.07) is 10.3. The number of benzene rings is 1. The van der Waals surface area contributed by atoms with Crippen LogP contribution >= 0.6 is 15.9 Å². The topological polar surface area (TPSA) is 55.0 Å². The van der Waals surface area contributed by atoms with Crippen LogP contribution in [0.25, 0.3) is 0 Å². The van der Waals surface area contributed by atoms with Gasteiger partial charge in [-0.15, -0.1) is 0 Å². The molecule has 0 aliphatic heterocycles. The number of rotatable bonds is 5. The van der Waals surface area contributed by atoms with Gasteiger partial charge in [0.15, 0.2) is 0 Å². The van der Waals surface area contributed by atoms with Crippen molar-refractivity contribution >= 4 is 21.7 Å². The summed E-state index contributed by atoms with van der Waals surface area (Å²) in [4.78, 5) is 10.6. The second kappa shape index (κ2) is 6.63. The van der Waals surface area contributed by atoms with Crippen LogP contribution in [0.15, 0.2) is 41.0 Å². The summed E-state index contributed by atoms with van der Waals surface area (Å²) in [5, 5.41) is 0. The van der Waals surface area contributed by atoms with Crippen LogP contribution in [0.3, 0.4) is 0 Å². The smallest absolute Gasteiger partial charge is 0.144 e. The summed E-state index contributed by atoms with van der Waals surface area (Å²) in [7, 11) is 2.03. The van der Waals surface area contributed by atoms with Gasteiger partial charge < -0.3 is 10.6 Å². The molecular formula is C14H17BrN4. The average molecular weight is 321 g/mol. The Morgan fingerprint density at radius 3 is 2.89 bits per heavy atom. The maximum atomic E-state index is 5.55. The number of halogens is 1. The molecule has 5 heteroatoms. The molecule has 0 aliphatic carbocycles. The lowest BCUT2D eigenvalue weighted by atomic mass is 10.1. The van der Waals surface area contributed by atoms with E-state index < -0.39 is 0 Å². The number of hydrogen-bond donors (Lipinski definition) is 1. The molecule has 2 aromatic rings. The monoisotopic (exact) mass is 320 g/mol. The maximum Gasteiger partial charge on any atom is 0.144 e. The van der Waals surface area contributed by atoms with Crippen LogP contribution < -0.4 is 10.6 Å². The molecule has 0 bridgehead atoms. The lowest BCUT2D eigenvalue weighted by Crippen LogP contribution is -2.22. The summed E-state index contributed by atoms with van der Waals surface area (Å²) in [6.45, 7) is 1.27. The molecular weight excluding hydrogens is 304 g/mol. The van der Waals surface area contributed by atoms with Crippen molar-refractivity contribution in [2.45, 2.75) is 13.0 Å². The molecule has 1 aromatic carbocycles. The molecule has 0 aliphatic rings. The number of nitrogens with zero attached hydrogens (tertiary/aromatic N) is 3. The van der Waals surface area contributed by atoms with Gasteiger partial charge in [-0.05, 0) is 30.2 Å². The largest absolute Gasteiger partial charge is 0.359 e. The Morgan fingerprint density at radius 1 is 1.32 bits per heavy atom. The Hall–Kier alpha value is -1.46. The Morgan fingerprint density at radius 2 is 2.16 bits per heavy atom. The van der Waals surface area contributed by atoms with Crippen LogP contribution in [0.5, 0.6) is 0 Å². The van der Waals surface area contributed by atoms with E-state index in [0.717, 1.165) is 23.3 Å². The van der Waals surface area contributed by atoms with Gasteiger partial charge in [-0.2, -0.15) is 0 Å². The molecule has 0 unspecified atom stereocenters. The minimum absolute atomic E-state index is 0.368. The average Bonchev–Trinajstić information content (AvgIpc) is 2.45. The zero-order valence-electron chi connectivity index (χ0n) is 10.9. The molecule has 100 valence electrons. The zero-order valence-corrected chi connectivity index (χ0v) is 12.5. The second-order valence-corrected chi connectivity index (χ2v) is 5.25. The van der Waals surface area contributed by atoms with Crippen molar-refractivity contribution in [3.05, 3.63) is 52.4 Å². The normalized spacial score (nSPS) is 10.5. The van der Waals surface area contributed by atoms with Crippen LogP contribution in [0, 0.1) is 0 Å². The van der Waals surface area contributed by atoms with E-state index in [1.54, 1.807) is 6.20 Å². The maximum absolute atomic E-state index is 5.55. The van der Waals surface area contributed by atoms with Gasteiger partial charge in [-0.25, -0.2) is 9.97 Å². The molecule has 1 heterocycles. The van der Waals surface area contributed by atoms with Gasteiger partial charge in [0, 0.05) is 24.3 Å². The van der Waals surface area contributed by atoms with Crippen LogP contribution in [0.2, 0.25) is 0 Å². The predicted molar refractivity (Wildman–Crippen MR) is 81.0 cm³/mol. The fraction of sp³-hybridized carbons (Fsp3) is 0.286. The Kier molecular flexibility index (Phi) is 4.87. The van der Waals surface area contributed by atoms with Gasteiger partial charge in [-0.3, -0.25) is 0 Å². The van der Waals surface area contributed by atoms with Gasteiger partial charge >= 0.3 is 0 Å². The Labute approximate surface area is 121 Å². The number of nitrogens with two attached hydrogens (primary N) is 1. The first-order valence-electron chi connectivity index (χ1n) is 6.16. The highest BCUT2D eigenvalue weighted by atomic mass is 79.9. The van der Waals surface area contributed by atoms with Gasteiger partial charge in [0.1, 0.15) is 11.6 Å². The van der Waals surface area contributed by atoms with E-state index in [2.05, 4.69) is 49.0 Å². The molecule has 0 amide bonds. The minimum Gasteiger partial charge on any atom is -0.359 e. The molecule has 0 saturated carbocycles. The first-order valence-corrected chi connectivity index (χ1v) is 6.96. The third-order valence-corrected chi connectivity index (χ3v) is 3.38. The molecule has 1 aromatic heterocycles. The van der Waals surface area contributed by atoms with Crippen molar-refractivity contribution in [1.29, 1.82) is 0 Å². The van der Waals surface area contributed by atoms with E-state index in [-0.39, 0.29) is 0 Å². The summed E-state index contributed by atoms with van der Waals surface area (Å²) in [5.74, 6) is 1.58. The van der Waals surface area contributed by atoms with Crippen LogP contribution in [-0.2, 0) is 13.0 Å². The number of likely N-dealkylation sites (N-methyl/N-ethyl adjacent to an activating group) is 1. The zero-order chi connectivity index (χ0) is 13.7. The molecule has 0 atom stereocenters. The van der Waals surface area contributed by atoms with E-state index in [0.29, 0.717) is 12.4 Å². The standard InChI is InChI=1S/C14H17BrN4/c1-19(14-5-7-17-13(10-16)18-14)8-6-11-3-2-4-12(15)9-11/h2-5,7,9H,6,8,10,16H2,1H3. The van der Waals surface area contributed by atoms with E-state index >= 15 is 0 Å². The van der Waals surface area contributed by atoms with Crippen molar-refractivity contribution in [3.8, 4) is 0 Å². The fourth-order valence-corrected chi connectivity index (χ4v) is 2.25. The van der Waals surface area contributed by atoms with E-state index in [9.17, 15) is 0 Å². The van der Waals surface area contributed by atoms with Gasteiger partial charge in [0.25, 0.3) is 0 Å². The van der Waals surface area contributed by atoms with Gasteiger partial charge in [0.2, 0.25) is 0 Å². The van der Waals surface area contributed by atoms with Gasteiger partial charge in [-0.1, -0.05) is 28.1 Å². The number of hydrogen-bond acceptors (Lipinski definition) is 4. The highest BCUT2D eigenvalue weighted by Crippen LogP contribution is 2.13. The van der Waals surface area contributed by atoms with E-state index in [4.69, 9.17) is 5.73 Å². The van der Waals surface area contributed by atoms with Gasteiger partial charge in [0.05, 0.1) is 6.54 Å². The van der Waals surface area contributed by atoms with E-state index in [1.165, 1.54) is 5.56 Å². The summed E-state index contributed by atoms with van der Waals surface area (Å²) < 4.78 is 1.11. The summed E-state index contributed by atoms with van der Waals surface area (Å²) >= 11 is 3.48. The predicted octanol–water partition coefficient (Wildman–Crippen LogP) is 2.38. The van der Waals surface area contributed by atoms with Crippen molar-refractivity contribution in [2.75, 3.05) is 18.5 Å². The van der Waals surface area contributed by atoms with Crippen LogP contribution in [0.1, 0.15) is 11.4 Å². The second-order valence-electron chi connectivity index (χ2n) is 4.34. The molecule has 0 radical (unpaired) electrons. The number of aromatic nitrogens is 2. The molecule has 0 fully saturated rings. The van der Waals surface area contributed by atoms with Crippen LogP contribution in [0.4, 0.5) is 5.82 Å². The Balaban J connectivity index is 1.99. The SMILES string of the molecule is CN(CCc1cccc(Br)c1)c1ccnc(CN)n1. The van der Waals surface area contributed by atoms with E-state index in [1.807, 2.05) is 19.2 Å². The quantitative estimate of drug-likeness (QED) is 0.919. The highest BCUT2D eigenvalue weighted by Gasteiger charge is 2.04. The summed E-state index contributed by atoms with van der Waals surface area (Å²) in [6.07, 6.45) is 2.72. The molecule has 2 rings (SSSR count). The molecule has 19 heavy (non-hydrogen) atoms. The number of anilines is 1. The third kappa shape index (κ3) is 4.01. The lowest BCUT2D eigenvalue weighted by molar-refractivity contribution is 0.831. The van der Waals surface area contributed by atoms with Crippen molar-refractivity contribution < 1.29 is 0 Å². The molecule has 0 saturated heterocycles. The fourth-order valence-electron chi connectivity index (χ4n) is 1.80. The lowest BCUT2D eigenvalue weighted by Gasteiger charge is -2.18. The van der Waals surface area contributed by atoms with Crippen molar-refractivity contribution in [2.24, 2.45) is 5.73 Å². The molecule has 2 N–H and O–H groups in total. The first-order chi connectivity index (χ1) is 9.19. The first kappa shape index (κ1) is 14.0. The molecule has 4 nitrogen and oxygen atoms in total. The van der Waals surface area contributed by atoms with Crippen molar-refractivity contribution in [1.82, 2.24) is 9.97 Å². The molecule has 0 spiro atoms. The summed E-state index contributed by atoms with van der Waals surface area (Å²) in [5.41, 5.74) is 6.85. The highest BCUT2D eigenvalue weighted by molar-refractivity contribution is 9.10. The third-order valence-electron chi connectivity index (χ3n) is 2.89. The van der Waals surface area contributed by atoms with Crippen molar-refractivity contribution in [3.63, 3.8) is 0 Å². The Bertz CT molecular complexity index is 544. The minimum atomic E-state index is 0.368. The van der Waals surface area contributed by atoms with Crippen LogP contribution in [-0.4, -0.2) is 23.6 Å².